The summed E-state index contributed by atoms with van der Waals surface area (Å²) in [6.07, 6.45) is -7.06. The Bertz CT molecular complexity index is 1520. The highest BCUT2D eigenvalue weighted by atomic mass is 32.3. The first-order valence-corrected chi connectivity index (χ1v) is 21.4. The van der Waals surface area contributed by atoms with Crippen molar-refractivity contribution >= 4 is 10.4 Å². The monoisotopic (exact) mass is 804 g/mol. The van der Waals surface area contributed by atoms with Gasteiger partial charge in [0.2, 0.25) is 0 Å². The van der Waals surface area contributed by atoms with Gasteiger partial charge in [0.05, 0.1) is 25.4 Å². The van der Waals surface area contributed by atoms with E-state index in [0.29, 0.717) is 31.1 Å². The molecular weight excluding hydrogens is 740 g/mol. The van der Waals surface area contributed by atoms with Crippen molar-refractivity contribution in [2.75, 3.05) is 13.2 Å². The topological polar surface area (TPSA) is 242 Å². The summed E-state index contributed by atoms with van der Waals surface area (Å²) in [5.74, 6) is 0.968. The lowest BCUT2D eigenvalue weighted by molar-refractivity contribution is -0.373. The Morgan fingerprint density at radius 3 is 2.18 bits per heavy atom. The summed E-state index contributed by atoms with van der Waals surface area (Å²) >= 11 is 0. The maximum absolute atomic E-state index is 12.4. The molecule has 316 valence electrons. The molecule has 15 nitrogen and oxygen atoms in total. The minimum absolute atomic E-state index is 0.0678. The van der Waals surface area contributed by atoms with Crippen molar-refractivity contribution in [3.05, 3.63) is 22.8 Å². The van der Waals surface area contributed by atoms with E-state index in [0.717, 1.165) is 38.5 Å². The third kappa shape index (κ3) is 8.51. The molecule has 0 radical (unpaired) electrons. The zero-order valence-corrected chi connectivity index (χ0v) is 33.5. The summed E-state index contributed by atoms with van der Waals surface area (Å²) < 4.78 is 64.1. The van der Waals surface area contributed by atoms with Gasteiger partial charge < -0.3 is 54.7 Å². The molecule has 0 amide bonds. The van der Waals surface area contributed by atoms with E-state index in [4.69, 9.17) is 23.1 Å². The zero-order valence-electron chi connectivity index (χ0n) is 32.6. The highest BCUT2D eigenvalue weighted by molar-refractivity contribution is 7.80. The summed E-state index contributed by atoms with van der Waals surface area (Å²) in [4.78, 5) is 0. The largest absolute Gasteiger partial charge is 0.397 e. The summed E-state index contributed by atoms with van der Waals surface area (Å²) in [7, 11) is -4.83. The van der Waals surface area contributed by atoms with E-state index < -0.39 is 109 Å². The molecule has 6 rings (SSSR count). The highest BCUT2D eigenvalue weighted by Crippen LogP contribution is 2.66. The molecule has 8 N–H and O–H groups in total. The minimum atomic E-state index is -4.83. The van der Waals surface area contributed by atoms with Crippen LogP contribution in [0.25, 0.3) is 0 Å². The van der Waals surface area contributed by atoms with Gasteiger partial charge in [-0.3, -0.25) is 4.55 Å². The van der Waals surface area contributed by atoms with Gasteiger partial charge in [0.25, 0.3) is 0 Å². The highest BCUT2D eigenvalue weighted by Gasteiger charge is 2.59. The fourth-order valence-corrected chi connectivity index (χ4v) is 12.0. The zero-order chi connectivity index (χ0) is 40.2. The lowest BCUT2D eigenvalue weighted by Crippen LogP contribution is -2.65. The summed E-state index contributed by atoms with van der Waals surface area (Å²) in [6.45, 7) is 9.79. The number of hydrogen-bond donors (Lipinski definition) is 8. The van der Waals surface area contributed by atoms with Crippen LogP contribution in [0.15, 0.2) is 22.8 Å². The quantitative estimate of drug-likeness (QED) is 0.104. The molecule has 55 heavy (non-hydrogen) atoms. The van der Waals surface area contributed by atoms with Gasteiger partial charge >= 0.3 is 10.4 Å². The average Bonchev–Trinajstić information content (AvgIpc) is 3.48. The lowest BCUT2D eigenvalue weighted by atomic mass is 9.50. The number of allylic oxidation sites excluding steroid dienone is 3. The van der Waals surface area contributed by atoms with Crippen LogP contribution in [-0.2, 0) is 33.5 Å². The molecule has 4 aliphatic carbocycles. The second kappa shape index (κ2) is 16.9. The van der Waals surface area contributed by atoms with E-state index >= 15 is 0 Å². The standard InChI is InChI=1S/C39H64O15S/c1-19(2)7-6-8-20(3)23-9-10-24-22-16-27(54-55(47,48)49)26-15-21(11-13-39(26,5)25(22)12-14-38(23,24)4)50-37-35(33(45)31(43)29(18-41)52-37)53-36-34(46)32(44)30(42)28(17-40)51-36/h7,20-21,23-24,26-37,40-46H,6,8-18H2,1-5H3,(H,47,48,49)/t20-,21+,23-,24+,26-,27+,28-,29-,30+,31-,32+,33+,34-,35-,36+,37-,38-,39-/m1/s1. The lowest BCUT2D eigenvalue weighted by Gasteiger charge is -2.57. The fourth-order valence-electron chi connectivity index (χ4n) is 11.5. The van der Waals surface area contributed by atoms with E-state index in [-0.39, 0.29) is 17.8 Å². The SMILES string of the molecule is CC(C)=CCC[C@@H](C)[C@H]1CC[C@H]2C3=C(CC[C@]12C)[C@@]1(C)CC[C@H](O[C@@H]2O[C@H](CO)[C@@H](O)[C@H](O)[C@H]2O[C@@H]2O[C@H](CO)[C@H](O)[C@H](O)[C@H]2O)C[C@@H]1[C@@H](OS(=O)(=O)O)C3. The molecule has 16 heteroatoms. The number of aliphatic hydroxyl groups excluding tert-OH is 7. The number of hydrogen-bond acceptors (Lipinski definition) is 14. The van der Waals surface area contributed by atoms with Gasteiger partial charge in [-0.05, 0) is 113 Å². The van der Waals surface area contributed by atoms with Gasteiger partial charge in [-0.1, -0.05) is 43.6 Å². The van der Waals surface area contributed by atoms with Crippen molar-refractivity contribution in [2.24, 2.45) is 34.5 Å². The van der Waals surface area contributed by atoms with E-state index in [1.165, 1.54) is 16.7 Å². The molecule has 0 aromatic carbocycles. The van der Waals surface area contributed by atoms with Gasteiger partial charge in [0.1, 0.15) is 48.8 Å². The number of fused-ring (bicyclic) bond motifs is 4. The third-order valence-electron chi connectivity index (χ3n) is 14.4. The van der Waals surface area contributed by atoms with Crippen LogP contribution < -0.4 is 0 Å². The molecule has 2 heterocycles. The van der Waals surface area contributed by atoms with Crippen molar-refractivity contribution < 1.29 is 71.8 Å². The Hall–Kier alpha value is -1.09. The number of ether oxygens (including phenoxy) is 4. The van der Waals surface area contributed by atoms with Crippen LogP contribution in [0.5, 0.6) is 0 Å². The summed E-state index contributed by atoms with van der Waals surface area (Å²) in [5.41, 5.74) is 3.55. The van der Waals surface area contributed by atoms with Crippen molar-refractivity contribution in [1.29, 1.82) is 0 Å². The van der Waals surface area contributed by atoms with Gasteiger partial charge in [-0.25, -0.2) is 4.18 Å². The molecule has 6 aliphatic rings. The first kappa shape index (κ1) is 43.5. The first-order chi connectivity index (χ1) is 25.8. The number of rotatable bonds is 12. The molecule has 18 atom stereocenters. The van der Waals surface area contributed by atoms with Crippen LogP contribution in [0, 0.1) is 34.5 Å². The van der Waals surface area contributed by atoms with Crippen molar-refractivity contribution in [3.8, 4) is 0 Å². The Kier molecular flexibility index (Phi) is 13.3. The number of aliphatic hydroxyl groups is 7. The Balaban J connectivity index is 1.24. The van der Waals surface area contributed by atoms with Gasteiger partial charge in [-0.2, -0.15) is 8.42 Å². The Morgan fingerprint density at radius 2 is 1.55 bits per heavy atom. The first-order valence-electron chi connectivity index (χ1n) is 20.1. The molecular formula is C39H64O15S. The van der Waals surface area contributed by atoms with Crippen LogP contribution in [-0.4, -0.2) is 136 Å². The molecule has 2 saturated carbocycles. The van der Waals surface area contributed by atoms with Crippen LogP contribution in [0.1, 0.15) is 98.8 Å². The minimum Gasteiger partial charge on any atom is -0.394 e. The van der Waals surface area contributed by atoms with E-state index in [9.17, 15) is 48.7 Å². The van der Waals surface area contributed by atoms with Gasteiger partial charge in [-0.15, -0.1) is 0 Å². The van der Waals surface area contributed by atoms with Gasteiger partial charge in [0.15, 0.2) is 12.6 Å². The van der Waals surface area contributed by atoms with Crippen LogP contribution in [0.2, 0.25) is 0 Å². The van der Waals surface area contributed by atoms with Crippen LogP contribution in [0.3, 0.4) is 0 Å². The smallest absolute Gasteiger partial charge is 0.394 e. The van der Waals surface area contributed by atoms with Gasteiger partial charge in [0, 0.05) is 0 Å². The van der Waals surface area contributed by atoms with Crippen molar-refractivity contribution in [1.82, 2.24) is 0 Å². The third-order valence-corrected chi connectivity index (χ3v) is 14.9. The molecule has 2 saturated heterocycles. The molecule has 0 aromatic rings. The Labute approximate surface area is 324 Å². The van der Waals surface area contributed by atoms with Crippen molar-refractivity contribution in [2.45, 2.75) is 172 Å². The van der Waals surface area contributed by atoms with E-state index in [1.807, 2.05) is 0 Å². The van der Waals surface area contributed by atoms with Crippen LogP contribution in [0.4, 0.5) is 0 Å². The average molecular weight is 805 g/mol. The van der Waals surface area contributed by atoms with Crippen molar-refractivity contribution in [3.63, 3.8) is 0 Å². The molecule has 0 spiro atoms. The summed E-state index contributed by atoms with van der Waals surface area (Å²) in [5, 5.41) is 72.8. The Morgan fingerprint density at radius 1 is 0.891 bits per heavy atom. The second-order valence-electron chi connectivity index (χ2n) is 17.9. The van der Waals surface area contributed by atoms with E-state index in [2.05, 4.69) is 40.7 Å². The van der Waals surface area contributed by atoms with E-state index in [1.54, 1.807) is 0 Å². The molecule has 0 bridgehead atoms. The maximum atomic E-state index is 12.4. The summed E-state index contributed by atoms with van der Waals surface area (Å²) in [6, 6.07) is 0. The molecule has 0 aromatic heterocycles. The second-order valence-corrected chi connectivity index (χ2v) is 19.0. The maximum Gasteiger partial charge on any atom is 0.397 e. The van der Waals surface area contributed by atoms with Crippen LogP contribution >= 0.6 is 0 Å². The molecule has 2 aliphatic heterocycles. The predicted octanol–water partition coefficient (Wildman–Crippen LogP) is 1.90. The normalized spacial score (nSPS) is 46.7. The predicted molar refractivity (Wildman–Crippen MR) is 196 cm³/mol. The molecule has 0 unspecified atom stereocenters. The fraction of sp³-hybridized carbons (Fsp3) is 0.897. The molecule has 4 fully saturated rings.